The Labute approximate surface area is 183 Å². The van der Waals surface area contributed by atoms with E-state index in [2.05, 4.69) is 10.6 Å². The summed E-state index contributed by atoms with van der Waals surface area (Å²) in [6.07, 6.45) is 1.66. The minimum absolute atomic E-state index is 0.195. The monoisotopic (exact) mass is 429 g/mol. The Morgan fingerprint density at radius 2 is 1.84 bits per heavy atom. The van der Waals surface area contributed by atoms with Crippen molar-refractivity contribution in [2.45, 2.75) is 31.7 Å². The summed E-state index contributed by atoms with van der Waals surface area (Å²) >= 11 is 0. The molecule has 0 unspecified atom stereocenters. The molecule has 31 heavy (non-hydrogen) atoms. The molecule has 1 fully saturated rings. The molecule has 3 rings (SSSR count). The van der Waals surface area contributed by atoms with Crippen LogP contribution in [0.5, 0.6) is 11.5 Å². The molecule has 6 nitrogen and oxygen atoms in total. The Morgan fingerprint density at radius 1 is 1.06 bits per heavy atom. The maximum absolute atomic E-state index is 13.9. The van der Waals surface area contributed by atoms with Gasteiger partial charge in [0.15, 0.2) is 17.5 Å². The van der Waals surface area contributed by atoms with Gasteiger partial charge in [-0.1, -0.05) is 18.2 Å². The van der Waals surface area contributed by atoms with E-state index in [9.17, 15) is 4.39 Å². The average molecular weight is 430 g/mol. The average Bonchev–Trinajstić information content (AvgIpc) is 2.81. The molecule has 0 radical (unpaired) electrons. The number of ether oxygens (including phenoxy) is 3. The van der Waals surface area contributed by atoms with Crippen LogP contribution in [0, 0.1) is 5.82 Å². The first-order valence-corrected chi connectivity index (χ1v) is 10.7. The number of hydrogen-bond acceptors (Lipinski definition) is 4. The summed E-state index contributed by atoms with van der Waals surface area (Å²) in [5.41, 5.74) is 1.82. The Kier molecular flexibility index (Phi) is 8.12. The Morgan fingerprint density at radius 3 is 2.52 bits per heavy atom. The molecular formula is C24H32FN3O3. The van der Waals surface area contributed by atoms with E-state index in [-0.39, 0.29) is 11.2 Å². The molecule has 7 heteroatoms. The molecular weight excluding hydrogens is 397 g/mol. The van der Waals surface area contributed by atoms with Crippen LogP contribution in [0.3, 0.4) is 0 Å². The van der Waals surface area contributed by atoms with Gasteiger partial charge in [0.25, 0.3) is 0 Å². The van der Waals surface area contributed by atoms with Crippen LogP contribution in [-0.4, -0.2) is 46.5 Å². The second kappa shape index (κ2) is 11.0. The van der Waals surface area contributed by atoms with Gasteiger partial charge in [0.1, 0.15) is 5.82 Å². The minimum Gasteiger partial charge on any atom is -0.493 e. The number of nitrogens with zero attached hydrogens (tertiary/aromatic N) is 1. The van der Waals surface area contributed by atoms with E-state index in [1.807, 2.05) is 31.2 Å². The summed E-state index contributed by atoms with van der Waals surface area (Å²) in [5.74, 6) is 1.88. The minimum atomic E-state index is -0.211. The molecule has 2 N–H and O–H groups in total. The largest absolute Gasteiger partial charge is 0.493 e. The third kappa shape index (κ3) is 5.88. The van der Waals surface area contributed by atoms with E-state index < -0.39 is 0 Å². The van der Waals surface area contributed by atoms with Gasteiger partial charge in [-0.25, -0.2) is 9.38 Å². The fourth-order valence-corrected chi connectivity index (χ4v) is 3.89. The number of benzene rings is 2. The zero-order valence-corrected chi connectivity index (χ0v) is 18.5. The van der Waals surface area contributed by atoms with E-state index >= 15 is 0 Å². The highest BCUT2D eigenvalue weighted by atomic mass is 19.1. The number of nitrogens with one attached hydrogen (secondary N) is 2. The summed E-state index contributed by atoms with van der Waals surface area (Å²) in [6, 6.07) is 12.7. The van der Waals surface area contributed by atoms with Gasteiger partial charge < -0.3 is 24.8 Å². The molecule has 2 aromatic rings. The maximum Gasteiger partial charge on any atom is 0.191 e. The number of rotatable bonds is 8. The molecule has 0 bridgehead atoms. The van der Waals surface area contributed by atoms with Crippen molar-refractivity contribution < 1.29 is 18.6 Å². The van der Waals surface area contributed by atoms with Crippen LogP contribution in [0.25, 0.3) is 0 Å². The van der Waals surface area contributed by atoms with Crippen LogP contribution in [0.4, 0.5) is 4.39 Å². The molecule has 0 spiro atoms. The lowest BCUT2D eigenvalue weighted by Crippen LogP contribution is -2.48. The van der Waals surface area contributed by atoms with Crippen molar-refractivity contribution in [3.05, 3.63) is 59.4 Å². The zero-order valence-electron chi connectivity index (χ0n) is 18.5. The molecule has 0 saturated carbocycles. The molecule has 0 aromatic heterocycles. The highest BCUT2D eigenvalue weighted by Crippen LogP contribution is 2.34. The van der Waals surface area contributed by atoms with Gasteiger partial charge in [-0.05, 0) is 55.2 Å². The van der Waals surface area contributed by atoms with Crippen molar-refractivity contribution in [3.63, 3.8) is 0 Å². The lowest BCUT2D eigenvalue weighted by molar-refractivity contribution is 0.0513. The molecule has 1 aliphatic heterocycles. The van der Waals surface area contributed by atoms with Crippen LogP contribution in [0.1, 0.15) is 30.9 Å². The van der Waals surface area contributed by atoms with Gasteiger partial charge in [-0.3, -0.25) is 0 Å². The number of hydrogen-bond donors (Lipinski definition) is 2. The highest BCUT2D eigenvalue weighted by Gasteiger charge is 2.35. The maximum atomic E-state index is 13.9. The van der Waals surface area contributed by atoms with Crippen molar-refractivity contribution in [2.75, 3.05) is 40.5 Å². The Hall–Kier alpha value is -2.80. The summed E-state index contributed by atoms with van der Waals surface area (Å²) < 4.78 is 30.2. The normalized spacial score (nSPS) is 15.9. The number of guanidine groups is 1. The first-order chi connectivity index (χ1) is 15.1. The molecule has 2 aromatic carbocycles. The van der Waals surface area contributed by atoms with Crippen molar-refractivity contribution in [1.82, 2.24) is 10.6 Å². The van der Waals surface area contributed by atoms with Crippen LogP contribution >= 0.6 is 0 Å². The van der Waals surface area contributed by atoms with Gasteiger partial charge >= 0.3 is 0 Å². The SMILES string of the molecule is CCNC(=NCc1ccc(OC)c(OC)c1)NCC1(c2cccc(F)c2)CCOCC1. The summed E-state index contributed by atoms with van der Waals surface area (Å²) in [6.45, 7) is 5.25. The van der Waals surface area contributed by atoms with Crippen LogP contribution in [-0.2, 0) is 16.7 Å². The van der Waals surface area contributed by atoms with E-state index in [0.29, 0.717) is 37.8 Å². The van der Waals surface area contributed by atoms with Gasteiger partial charge in [0, 0.05) is 31.7 Å². The predicted octanol–water partition coefficient (Wildman–Crippen LogP) is 3.65. The zero-order chi connectivity index (χ0) is 22.1. The van der Waals surface area contributed by atoms with E-state index in [1.165, 1.54) is 6.07 Å². The second-order valence-electron chi connectivity index (χ2n) is 7.64. The standard InChI is InChI=1S/C24H32FN3O3/c1-4-26-23(27-16-18-8-9-21(29-2)22(14-18)30-3)28-17-24(10-12-31-13-11-24)19-6-5-7-20(25)15-19/h5-9,14-15H,4,10-13,16-17H2,1-3H3,(H2,26,27,28). The molecule has 0 aliphatic carbocycles. The van der Waals surface area contributed by atoms with Crippen molar-refractivity contribution in [1.29, 1.82) is 0 Å². The van der Waals surface area contributed by atoms with Gasteiger partial charge in [0.05, 0.1) is 20.8 Å². The lowest BCUT2D eigenvalue weighted by Gasteiger charge is -2.38. The molecule has 0 amide bonds. The second-order valence-corrected chi connectivity index (χ2v) is 7.64. The van der Waals surface area contributed by atoms with Crippen LogP contribution < -0.4 is 20.1 Å². The molecule has 1 aliphatic rings. The molecule has 0 atom stereocenters. The number of aliphatic imine (C=N–C) groups is 1. The van der Waals surface area contributed by atoms with Crippen molar-refractivity contribution in [2.24, 2.45) is 4.99 Å². The van der Waals surface area contributed by atoms with E-state index in [4.69, 9.17) is 19.2 Å². The third-order valence-corrected chi connectivity index (χ3v) is 5.69. The highest BCUT2D eigenvalue weighted by molar-refractivity contribution is 5.79. The van der Waals surface area contributed by atoms with Crippen molar-refractivity contribution >= 4 is 5.96 Å². The molecule has 168 valence electrons. The van der Waals surface area contributed by atoms with E-state index in [1.54, 1.807) is 26.4 Å². The first-order valence-electron chi connectivity index (χ1n) is 10.7. The molecule has 1 saturated heterocycles. The number of halogens is 1. The first kappa shape index (κ1) is 22.9. The fourth-order valence-electron chi connectivity index (χ4n) is 3.89. The quantitative estimate of drug-likeness (QED) is 0.495. The molecule has 1 heterocycles. The van der Waals surface area contributed by atoms with Gasteiger partial charge in [-0.15, -0.1) is 0 Å². The van der Waals surface area contributed by atoms with Crippen LogP contribution in [0.2, 0.25) is 0 Å². The smallest absolute Gasteiger partial charge is 0.191 e. The Balaban J connectivity index is 1.75. The van der Waals surface area contributed by atoms with Gasteiger partial charge in [-0.2, -0.15) is 0 Å². The van der Waals surface area contributed by atoms with Gasteiger partial charge in [0.2, 0.25) is 0 Å². The lowest BCUT2D eigenvalue weighted by atomic mass is 9.74. The summed E-state index contributed by atoms with van der Waals surface area (Å²) in [5, 5.41) is 6.78. The third-order valence-electron chi connectivity index (χ3n) is 5.69. The summed E-state index contributed by atoms with van der Waals surface area (Å²) in [7, 11) is 3.24. The summed E-state index contributed by atoms with van der Waals surface area (Å²) in [4.78, 5) is 4.73. The Bertz CT molecular complexity index is 882. The predicted molar refractivity (Wildman–Crippen MR) is 120 cm³/mol. The number of methoxy groups -OCH3 is 2. The van der Waals surface area contributed by atoms with Crippen molar-refractivity contribution in [3.8, 4) is 11.5 Å². The topological polar surface area (TPSA) is 64.1 Å². The fraction of sp³-hybridized carbons (Fsp3) is 0.458. The van der Waals surface area contributed by atoms with Crippen LogP contribution in [0.15, 0.2) is 47.5 Å². The van der Waals surface area contributed by atoms with E-state index in [0.717, 1.165) is 36.5 Å².